The fourth-order valence-corrected chi connectivity index (χ4v) is 3.58. The highest BCUT2D eigenvalue weighted by Crippen LogP contribution is 2.22. The van der Waals surface area contributed by atoms with Crippen molar-refractivity contribution < 1.29 is 28.8 Å². The SMILES string of the molecule is CCOC(=O)[C@H](CC(C)C)NC(=O)[C@H](Cc1nc2cc([N+](=O)[O-])ccc2n1C)NC(=O)OC(C)(C)C. The lowest BCUT2D eigenvalue weighted by atomic mass is 10.0. The Bertz CT molecular complexity index is 1120. The first kappa shape index (κ1) is 28.5. The number of benzene rings is 1. The molecule has 0 spiro atoms. The van der Waals surface area contributed by atoms with E-state index < -0.39 is 40.6 Å². The van der Waals surface area contributed by atoms with Crippen molar-refractivity contribution in [3.63, 3.8) is 0 Å². The summed E-state index contributed by atoms with van der Waals surface area (Å²) in [5.41, 5.74) is 0.0883. The Hall–Kier alpha value is -3.70. The fourth-order valence-electron chi connectivity index (χ4n) is 3.58. The maximum Gasteiger partial charge on any atom is 0.408 e. The largest absolute Gasteiger partial charge is 0.464 e. The van der Waals surface area contributed by atoms with Crippen LogP contribution in [0.1, 0.15) is 53.8 Å². The molecule has 1 heterocycles. The second-order valence-electron chi connectivity index (χ2n) is 9.86. The van der Waals surface area contributed by atoms with E-state index >= 15 is 0 Å². The van der Waals surface area contributed by atoms with Gasteiger partial charge < -0.3 is 24.7 Å². The third kappa shape index (κ3) is 7.92. The number of esters is 1. The van der Waals surface area contributed by atoms with Gasteiger partial charge in [-0.25, -0.2) is 14.6 Å². The van der Waals surface area contributed by atoms with Gasteiger partial charge in [-0.3, -0.25) is 14.9 Å². The van der Waals surface area contributed by atoms with Crippen molar-refractivity contribution >= 4 is 34.7 Å². The molecule has 12 heteroatoms. The number of aromatic nitrogens is 2. The smallest absolute Gasteiger partial charge is 0.408 e. The molecule has 0 unspecified atom stereocenters. The molecule has 0 bridgehead atoms. The van der Waals surface area contributed by atoms with Crippen molar-refractivity contribution in [2.75, 3.05) is 6.61 Å². The van der Waals surface area contributed by atoms with E-state index in [4.69, 9.17) is 9.47 Å². The highest BCUT2D eigenvalue weighted by atomic mass is 16.6. The number of alkyl carbamates (subject to hydrolysis) is 1. The van der Waals surface area contributed by atoms with Gasteiger partial charge in [-0.1, -0.05) is 13.8 Å². The molecule has 0 aliphatic heterocycles. The number of nitro groups is 1. The summed E-state index contributed by atoms with van der Waals surface area (Å²) in [5.74, 6) is -0.686. The number of fused-ring (bicyclic) bond motifs is 1. The van der Waals surface area contributed by atoms with Gasteiger partial charge in [0.2, 0.25) is 5.91 Å². The average Bonchev–Trinajstić information content (AvgIpc) is 3.05. The molecule has 198 valence electrons. The monoisotopic (exact) mass is 505 g/mol. The summed E-state index contributed by atoms with van der Waals surface area (Å²) in [4.78, 5) is 53.3. The van der Waals surface area contributed by atoms with Crippen LogP contribution < -0.4 is 10.6 Å². The second kappa shape index (κ2) is 11.8. The zero-order chi connectivity index (χ0) is 27.2. The number of nitro benzene ring substituents is 1. The Morgan fingerprint density at radius 2 is 1.83 bits per heavy atom. The molecule has 0 saturated heterocycles. The number of ether oxygens (including phenoxy) is 2. The minimum atomic E-state index is -1.14. The minimum absolute atomic E-state index is 0.0543. The highest BCUT2D eigenvalue weighted by Gasteiger charge is 2.31. The molecule has 2 aromatic rings. The predicted molar refractivity (Wildman–Crippen MR) is 132 cm³/mol. The molecule has 2 N–H and O–H groups in total. The van der Waals surface area contributed by atoms with Gasteiger partial charge >= 0.3 is 12.1 Å². The van der Waals surface area contributed by atoms with E-state index in [-0.39, 0.29) is 24.6 Å². The van der Waals surface area contributed by atoms with Crippen LogP contribution in [0.5, 0.6) is 0 Å². The van der Waals surface area contributed by atoms with Crippen LogP contribution in [0.4, 0.5) is 10.5 Å². The number of hydrogen-bond donors (Lipinski definition) is 2. The van der Waals surface area contributed by atoms with Crippen LogP contribution in [-0.4, -0.2) is 56.7 Å². The first-order valence-electron chi connectivity index (χ1n) is 11.8. The topological polar surface area (TPSA) is 155 Å². The van der Waals surface area contributed by atoms with E-state index in [9.17, 15) is 24.5 Å². The number of imidazole rings is 1. The summed E-state index contributed by atoms with van der Waals surface area (Å²) in [5, 5.41) is 16.4. The van der Waals surface area contributed by atoms with Crippen molar-refractivity contribution in [1.82, 2.24) is 20.2 Å². The van der Waals surface area contributed by atoms with Crippen LogP contribution >= 0.6 is 0 Å². The van der Waals surface area contributed by atoms with Gasteiger partial charge in [0.15, 0.2) is 0 Å². The van der Waals surface area contributed by atoms with E-state index in [2.05, 4.69) is 15.6 Å². The number of non-ortho nitro benzene ring substituents is 1. The van der Waals surface area contributed by atoms with Crippen LogP contribution in [0.25, 0.3) is 11.0 Å². The molecule has 2 atom stereocenters. The lowest BCUT2D eigenvalue weighted by Gasteiger charge is -2.25. The van der Waals surface area contributed by atoms with Crippen LogP contribution in [0.2, 0.25) is 0 Å². The summed E-state index contributed by atoms with van der Waals surface area (Å²) in [7, 11) is 1.71. The first-order chi connectivity index (χ1) is 16.7. The third-order valence-corrected chi connectivity index (χ3v) is 5.16. The van der Waals surface area contributed by atoms with Gasteiger partial charge in [-0.15, -0.1) is 0 Å². The highest BCUT2D eigenvalue weighted by molar-refractivity contribution is 5.90. The van der Waals surface area contributed by atoms with Crippen molar-refractivity contribution in [2.24, 2.45) is 13.0 Å². The molecule has 1 aromatic carbocycles. The molecule has 0 aliphatic carbocycles. The van der Waals surface area contributed by atoms with Crippen molar-refractivity contribution in [3.05, 3.63) is 34.1 Å². The summed E-state index contributed by atoms with van der Waals surface area (Å²) in [6.07, 6.45) is -0.519. The average molecular weight is 506 g/mol. The molecular formula is C24H35N5O7. The molecule has 12 nitrogen and oxygen atoms in total. The van der Waals surface area contributed by atoms with Crippen LogP contribution in [0.15, 0.2) is 18.2 Å². The van der Waals surface area contributed by atoms with E-state index in [0.29, 0.717) is 23.3 Å². The van der Waals surface area contributed by atoms with Gasteiger partial charge in [-0.2, -0.15) is 0 Å². The number of carbonyl (C=O) groups excluding carboxylic acids is 3. The Labute approximate surface area is 209 Å². The standard InChI is InChI=1S/C24H35N5O7/c1-8-35-22(31)18(11-14(2)3)26-21(30)17(27-23(32)36-24(4,5)6)13-20-25-16-12-15(29(33)34)9-10-19(16)28(20)7/h9-10,12,14,17-18H,8,11,13H2,1-7H3,(H,26,30)(H,27,32)/t17-,18-/m0/s1. The molecule has 0 fully saturated rings. The van der Waals surface area contributed by atoms with Crippen LogP contribution in [0.3, 0.4) is 0 Å². The third-order valence-electron chi connectivity index (χ3n) is 5.16. The maximum atomic E-state index is 13.3. The molecule has 1 aromatic heterocycles. The van der Waals surface area contributed by atoms with Crippen molar-refractivity contribution in [2.45, 2.75) is 72.1 Å². The van der Waals surface area contributed by atoms with Crippen LogP contribution in [-0.2, 0) is 32.5 Å². The van der Waals surface area contributed by atoms with Gasteiger partial charge in [0, 0.05) is 25.6 Å². The summed E-state index contributed by atoms with van der Waals surface area (Å²) < 4.78 is 12.1. The zero-order valence-electron chi connectivity index (χ0n) is 21.8. The summed E-state index contributed by atoms with van der Waals surface area (Å²) in [6.45, 7) is 10.7. The molecule has 0 aliphatic rings. The number of amides is 2. The lowest BCUT2D eigenvalue weighted by molar-refractivity contribution is -0.384. The summed E-state index contributed by atoms with van der Waals surface area (Å²) >= 11 is 0. The molecule has 0 saturated carbocycles. The number of hydrogen-bond acceptors (Lipinski definition) is 8. The fraction of sp³-hybridized carbons (Fsp3) is 0.583. The molecule has 2 rings (SSSR count). The Balaban J connectivity index is 2.37. The van der Waals surface area contributed by atoms with Gasteiger partial charge in [0.1, 0.15) is 23.5 Å². The van der Waals surface area contributed by atoms with E-state index in [1.807, 2.05) is 13.8 Å². The summed E-state index contributed by atoms with van der Waals surface area (Å²) in [6, 6.07) is 2.24. The maximum absolute atomic E-state index is 13.3. The lowest BCUT2D eigenvalue weighted by Crippen LogP contribution is -2.53. The molecule has 2 amide bonds. The van der Waals surface area contributed by atoms with Crippen molar-refractivity contribution in [1.29, 1.82) is 0 Å². The van der Waals surface area contributed by atoms with E-state index in [1.165, 1.54) is 12.1 Å². The molecule has 0 radical (unpaired) electrons. The quantitative estimate of drug-likeness (QED) is 0.284. The number of nitrogens with zero attached hydrogens (tertiary/aromatic N) is 3. The zero-order valence-corrected chi connectivity index (χ0v) is 21.8. The normalized spacial score (nSPS) is 13.2. The molecule has 36 heavy (non-hydrogen) atoms. The van der Waals surface area contributed by atoms with Gasteiger partial charge in [-0.05, 0) is 46.1 Å². The Morgan fingerprint density at radius 1 is 1.17 bits per heavy atom. The number of aryl methyl sites for hydroxylation is 1. The minimum Gasteiger partial charge on any atom is -0.464 e. The van der Waals surface area contributed by atoms with Crippen LogP contribution in [0, 0.1) is 16.0 Å². The Kier molecular flexibility index (Phi) is 9.37. The van der Waals surface area contributed by atoms with E-state index in [0.717, 1.165) is 0 Å². The number of rotatable bonds is 10. The van der Waals surface area contributed by atoms with Gasteiger partial charge in [0.05, 0.1) is 22.6 Å². The molecular weight excluding hydrogens is 470 g/mol. The van der Waals surface area contributed by atoms with Crippen molar-refractivity contribution in [3.8, 4) is 0 Å². The van der Waals surface area contributed by atoms with E-state index in [1.54, 1.807) is 45.4 Å². The predicted octanol–water partition coefficient (Wildman–Crippen LogP) is 3.01. The Morgan fingerprint density at radius 3 is 2.39 bits per heavy atom. The number of carbonyl (C=O) groups is 3. The van der Waals surface area contributed by atoms with Gasteiger partial charge in [0.25, 0.3) is 5.69 Å². The second-order valence-corrected chi connectivity index (χ2v) is 9.86. The first-order valence-corrected chi connectivity index (χ1v) is 11.8. The number of nitrogens with one attached hydrogen (secondary N) is 2.